The maximum absolute atomic E-state index is 11.5. The first-order valence-corrected chi connectivity index (χ1v) is 4.49. The Labute approximate surface area is 83.3 Å². The van der Waals surface area contributed by atoms with Gasteiger partial charge >= 0.3 is 0 Å². The van der Waals surface area contributed by atoms with E-state index in [0.717, 1.165) is 5.56 Å². The monoisotopic (exact) mass is 193 g/mol. The Bertz CT molecular complexity index is 336. The molecule has 1 aromatic carbocycles. The van der Waals surface area contributed by atoms with Gasteiger partial charge in [0.25, 0.3) is 5.91 Å². The Morgan fingerprint density at radius 1 is 1.50 bits per heavy atom. The van der Waals surface area contributed by atoms with Gasteiger partial charge in [0, 0.05) is 18.8 Å². The zero-order valence-corrected chi connectivity index (χ0v) is 8.21. The highest BCUT2D eigenvalue weighted by Crippen LogP contribution is 2.13. The van der Waals surface area contributed by atoms with Crippen LogP contribution in [-0.4, -0.2) is 19.0 Å². The fourth-order valence-electron chi connectivity index (χ4n) is 1.15. The van der Waals surface area contributed by atoms with Crippen molar-refractivity contribution in [2.45, 2.75) is 6.92 Å². The summed E-state index contributed by atoms with van der Waals surface area (Å²) in [4.78, 5) is 11.5. The summed E-state index contributed by atoms with van der Waals surface area (Å²) < 4.78 is 0. The van der Waals surface area contributed by atoms with Crippen molar-refractivity contribution >= 4 is 11.6 Å². The van der Waals surface area contributed by atoms with Gasteiger partial charge in [-0.05, 0) is 19.1 Å². The number of carbonyl (C=O) groups excluding carboxylic acids is 1. The van der Waals surface area contributed by atoms with Crippen molar-refractivity contribution in [3.8, 4) is 0 Å². The summed E-state index contributed by atoms with van der Waals surface area (Å²) in [7, 11) is 0. The lowest BCUT2D eigenvalue weighted by Crippen LogP contribution is -2.29. The average Bonchev–Trinajstić information content (AvgIpc) is 2.18. The highest BCUT2D eigenvalue weighted by Gasteiger charge is 2.08. The molecule has 0 aliphatic rings. The van der Waals surface area contributed by atoms with Crippen LogP contribution in [0.5, 0.6) is 0 Å². The van der Waals surface area contributed by atoms with Crippen LogP contribution >= 0.6 is 0 Å². The number of nitrogens with two attached hydrogens (primary N) is 2. The lowest BCUT2D eigenvalue weighted by atomic mass is 10.1. The van der Waals surface area contributed by atoms with Crippen LogP contribution in [0.25, 0.3) is 0 Å². The SMILES string of the molecule is Cc1ccc(N)c(C(=O)NCCN)c1. The zero-order valence-electron chi connectivity index (χ0n) is 8.21. The molecule has 0 aliphatic carbocycles. The molecule has 0 radical (unpaired) electrons. The van der Waals surface area contributed by atoms with E-state index in [1.54, 1.807) is 12.1 Å². The van der Waals surface area contributed by atoms with E-state index in [4.69, 9.17) is 11.5 Å². The van der Waals surface area contributed by atoms with Crippen molar-refractivity contribution in [1.29, 1.82) is 0 Å². The minimum atomic E-state index is -0.170. The van der Waals surface area contributed by atoms with Crippen LogP contribution in [-0.2, 0) is 0 Å². The molecule has 0 aliphatic heterocycles. The molecular weight excluding hydrogens is 178 g/mol. The van der Waals surface area contributed by atoms with Crippen molar-refractivity contribution < 1.29 is 4.79 Å². The maximum atomic E-state index is 11.5. The lowest BCUT2D eigenvalue weighted by Gasteiger charge is -2.07. The van der Waals surface area contributed by atoms with Crippen LogP contribution < -0.4 is 16.8 Å². The smallest absolute Gasteiger partial charge is 0.253 e. The first-order chi connectivity index (χ1) is 6.65. The second-order valence-corrected chi connectivity index (χ2v) is 3.14. The Morgan fingerprint density at radius 2 is 2.21 bits per heavy atom. The molecule has 1 rings (SSSR count). The molecule has 4 nitrogen and oxygen atoms in total. The normalized spacial score (nSPS) is 9.86. The predicted octanol–water partition coefficient (Wildman–Crippen LogP) is 0.266. The number of nitrogens with one attached hydrogen (secondary N) is 1. The molecule has 1 amide bonds. The topological polar surface area (TPSA) is 81.1 Å². The van der Waals surface area contributed by atoms with Gasteiger partial charge in [0.1, 0.15) is 0 Å². The van der Waals surface area contributed by atoms with E-state index in [-0.39, 0.29) is 5.91 Å². The van der Waals surface area contributed by atoms with E-state index in [9.17, 15) is 4.79 Å². The van der Waals surface area contributed by atoms with Gasteiger partial charge in [0.15, 0.2) is 0 Å². The molecule has 76 valence electrons. The van der Waals surface area contributed by atoms with Gasteiger partial charge in [-0.1, -0.05) is 11.6 Å². The van der Waals surface area contributed by atoms with Crippen LogP contribution in [0, 0.1) is 6.92 Å². The van der Waals surface area contributed by atoms with Crippen LogP contribution in [0.2, 0.25) is 0 Å². The maximum Gasteiger partial charge on any atom is 0.253 e. The van der Waals surface area contributed by atoms with Crippen LogP contribution in [0.3, 0.4) is 0 Å². The summed E-state index contributed by atoms with van der Waals surface area (Å²) in [6.45, 7) is 2.81. The molecule has 4 heteroatoms. The third-order valence-electron chi connectivity index (χ3n) is 1.88. The molecule has 0 spiro atoms. The number of carbonyl (C=O) groups is 1. The van der Waals surface area contributed by atoms with Crippen molar-refractivity contribution in [3.63, 3.8) is 0 Å². The van der Waals surface area contributed by atoms with Gasteiger partial charge in [0.05, 0.1) is 5.56 Å². The summed E-state index contributed by atoms with van der Waals surface area (Å²) in [6.07, 6.45) is 0. The Balaban J connectivity index is 2.83. The Hall–Kier alpha value is -1.55. The van der Waals surface area contributed by atoms with Gasteiger partial charge in [-0.3, -0.25) is 4.79 Å². The molecule has 0 heterocycles. The van der Waals surface area contributed by atoms with E-state index in [0.29, 0.717) is 24.3 Å². The summed E-state index contributed by atoms with van der Waals surface area (Å²) in [6, 6.07) is 5.36. The molecule has 0 bridgehead atoms. The number of anilines is 1. The third kappa shape index (κ3) is 2.47. The highest BCUT2D eigenvalue weighted by atomic mass is 16.1. The van der Waals surface area contributed by atoms with Crippen molar-refractivity contribution in [2.75, 3.05) is 18.8 Å². The van der Waals surface area contributed by atoms with Crippen molar-refractivity contribution in [2.24, 2.45) is 5.73 Å². The molecule has 0 unspecified atom stereocenters. The van der Waals surface area contributed by atoms with Crippen molar-refractivity contribution in [1.82, 2.24) is 5.32 Å². The third-order valence-corrected chi connectivity index (χ3v) is 1.88. The number of rotatable bonds is 3. The summed E-state index contributed by atoms with van der Waals surface area (Å²) in [5.74, 6) is -0.170. The minimum absolute atomic E-state index is 0.170. The van der Waals surface area contributed by atoms with E-state index >= 15 is 0 Å². The molecule has 0 saturated heterocycles. The fraction of sp³-hybridized carbons (Fsp3) is 0.300. The molecule has 5 N–H and O–H groups in total. The molecular formula is C10H15N3O. The highest BCUT2D eigenvalue weighted by molar-refractivity contribution is 5.99. The van der Waals surface area contributed by atoms with Crippen molar-refractivity contribution in [3.05, 3.63) is 29.3 Å². The fourth-order valence-corrected chi connectivity index (χ4v) is 1.15. The second kappa shape index (κ2) is 4.62. The number of benzene rings is 1. The number of aryl methyl sites for hydroxylation is 1. The summed E-state index contributed by atoms with van der Waals surface area (Å²) in [5, 5.41) is 2.67. The molecule has 0 atom stereocenters. The number of nitrogen functional groups attached to an aromatic ring is 1. The number of hydrogen-bond acceptors (Lipinski definition) is 3. The molecule has 0 aromatic heterocycles. The number of amides is 1. The summed E-state index contributed by atoms with van der Waals surface area (Å²) >= 11 is 0. The van der Waals surface area contributed by atoms with E-state index in [2.05, 4.69) is 5.32 Å². The quantitative estimate of drug-likeness (QED) is 0.602. The van der Waals surface area contributed by atoms with Crippen LogP contribution in [0.15, 0.2) is 18.2 Å². The average molecular weight is 193 g/mol. The molecule has 14 heavy (non-hydrogen) atoms. The Morgan fingerprint density at radius 3 is 2.86 bits per heavy atom. The van der Waals surface area contributed by atoms with Gasteiger partial charge in [0.2, 0.25) is 0 Å². The Kier molecular flexibility index (Phi) is 3.48. The van der Waals surface area contributed by atoms with E-state index in [1.807, 2.05) is 13.0 Å². The van der Waals surface area contributed by atoms with Crippen LogP contribution in [0.4, 0.5) is 5.69 Å². The van der Waals surface area contributed by atoms with Gasteiger partial charge in [-0.25, -0.2) is 0 Å². The second-order valence-electron chi connectivity index (χ2n) is 3.14. The zero-order chi connectivity index (χ0) is 10.6. The van der Waals surface area contributed by atoms with Gasteiger partial charge < -0.3 is 16.8 Å². The standard InChI is InChI=1S/C10H15N3O/c1-7-2-3-9(12)8(6-7)10(14)13-5-4-11/h2-3,6H,4-5,11-12H2,1H3,(H,13,14). The van der Waals surface area contributed by atoms with Crippen LogP contribution in [0.1, 0.15) is 15.9 Å². The molecule has 0 saturated carbocycles. The van der Waals surface area contributed by atoms with E-state index in [1.165, 1.54) is 0 Å². The first kappa shape index (κ1) is 10.5. The molecule has 0 fully saturated rings. The van der Waals surface area contributed by atoms with Gasteiger partial charge in [-0.15, -0.1) is 0 Å². The summed E-state index contributed by atoms with van der Waals surface area (Å²) in [5.41, 5.74) is 13.0. The van der Waals surface area contributed by atoms with E-state index < -0.39 is 0 Å². The molecule has 1 aromatic rings. The predicted molar refractivity (Wildman–Crippen MR) is 57.0 cm³/mol. The minimum Gasteiger partial charge on any atom is -0.398 e. The van der Waals surface area contributed by atoms with Gasteiger partial charge in [-0.2, -0.15) is 0 Å². The first-order valence-electron chi connectivity index (χ1n) is 4.49. The number of hydrogen-bond donors (Lipinski definition) is 3. The lowest BCUT2D eigenvalue weighted by molar-refractivity contribution is 0.0955. The largest absolute Gasteiger partial charge is 0.398 e.